The highest BCUT2D eigenvalue weighted by molar-refractivity contribution is 6.30. The molecule has 4 aromatic rings. The van der Waals surface area contributed by atoms with Crippen LogP contribution in [0, 0.1) is 6.92 Å². The van der Waals surface area contributed by atoms with Gasteiger partial charge < -0.3 is 10.3 Å². The molecular weight excluding hydrogens is 412 g/mol. The summed E-state index contributed by atoms with van der Waals surface area (Å²) in [5.74, 6) is 1.05. The van der Waals surface area contributed by atoms with Crippen LogP contribution in [0.1, 0.15) is 23.0 Å². The van der Waals surface area contributed by atoms with Crippen molar-refractivity contribution in [3.63, 3.8) is 0 Å². The van der Waals surface area contributed by atoms with Crippen molar-refractivity contribution in [2.45, 2.75) is 19.5 Å². The van der Waals surface area contributed by atoms with E-state index in [0.717, 1.165) is 17.5 Å². The Labute approximate surface area is 183 Å². The number of benzene rings is 2. The van der Waals surface area contributed by atoms with Crippen LogP contribution < -0.4 is 16.2 Å². The number of aromatic amines is 1. The van der Waals surface area contributed by atoms with E-state index in [1.165, 1.54) is 17.0 Å². The number of para-hydroxylation sites is 1. The molecule has 2 aromatic heterocycles. The summed E-state index contributed by atoms with van der Waals surface area (Å²) in [5.41, 5.74) is 3.74. The van der Waals surface area contributed by atoms with Crippen LogP contribution in [-0.2, 0) is 6.42 Å². The molecule has 0 fully saturated rings. The van der Waals surface area contributed by atoms with Gasteiger partial charge in [0, 0.05) is 40.4 Å². The zero-order chi connectivity index (χ0) is 21.4. The Bertz CT molecular complexity index is 1340. The summed E-state index contributed by atoms with van der Waals surface area (Å²) < 4.78 is 1.59. The molecule has 3 heterocycles. The number of aliphatic imine (C=N–C) groups is 1. The first-order valence-electron chi connectivity index (χ1n) is 10.1. The number of halogens is 1. The van der Waals surface area contributed by atoms with Gasteiger partial charge >= 0.3 is 0 Å². The maximum Gasteiger partial charge on any atom is 0.257 e. The monoisotopic (exact) mass is 432 g/mol. The van der Waals surface area contributed by atoms with Gasteiger partial charge in [0.1, 0.15) is 6.17 Å². The largest absolute Gasteiger partial charge is 0.361 e. The Morgan fingerprint density at radius 2 is 1.97 bits per heavy atom. The Hall–Kier alpha value is -3.58. The first-order chi connectivity index (χ1) is 15.1. The van der Waals surface area contributed by atoms with Crippen LogP contribution in [0.5, 0.6) is 0 Å². The lowest BCUT2D eigenvalue weighted by molar-refractivity contribution is 0.515. The van der Waals surface area contributed by atoms with Crippen LogP contribution in [0.2, 0.25) is 5.02 Å². The van der Waals surface area contributed by atoms with Gasteiger partial charge in [-0.25, -0.2) is 4.98 Å². The van der Waals surface area contributed by atoms with Crippen molar-refractivity contribution in [1.82, 2.24) is 19.9 Å². The average Bonchev–Trinajstić information content (AvgIpc) is 3.16. The number of nitrogens with one attached hydrogen (secondary N) is 3. The van der Waals surface area contributed by atoms with E-state index < -0.39 is 6.17 Å². The summed E-state index contributed by atoms with van der Waals surface area (Å²) in [5, 5.41) is 8.35. The molecule has 2 aromatic carbocycles. The van der Waals surface area contributed by atoms with Gasteiger partial charge in [0.25, 0.3) is 5.56 Å². The van der Waals surface area contributed by atoms with E-state index in [9.17, 15) is 4.79 Å². The Kier molecular flexibility index (Phi) is 4.95. The third kappa shape index (κ3) is 3.80. The smallest absolute Gasteiger partial charge is 0.257 e. The minimum absolute atomic E-state index is 0.139. The fraction of sp³-hybridized carbons (Fsp3) is 0.174. The summed E-state index contributed by atoms with van der Waals surface area (Å²) >= 11 is 6.05. The Morgan fingerprint density at radius 1 is 1.16 bits per heavy atom. The minimum atomic E-state index is -0.430. The molecule has 0 saturated heterocycles. The highest BCUT2D eigenvalue weighted by Crippen LogP contribution is 2.23. The highest BCUT2D eigenvalue weighted by Gasteiger charge is 2.26. The molecule has 0 aliphatic carbocycles. The van der Waals surface area contributed by atoms with Gasteiger partial charge in [-0.1, -0.05) is 41.9 Å². The molecule has 1 atom stereocenters. The van der Waals surface area contributed by atoms with E-state index in [2.05, 4.69) is 32.7 Å². The van der Waals surface area contributed by atoms with Crippen molar-refractivity contribution in [1.29, 1.82) is 0 Å². The Morgan fingerprint density at radius 3 is 2.81 bits per heavy atom. The summed E-state index contributed by atoms with van der Waals surface area (Å²) in [6, 6.07) is 17.2. The molecule has 0 saturated carbocycles. The predicted octanol–water partition coefficient (Wildman–Crippen LogP) is 3.85. The normalized spacial score (nSPS) is 16.7. The molecule has 1 aliphatic rings. The minimum Gasteiger partial charge on any atom is -0.361 e. The number of rotatable bonds is 4. The maximum absolute atomic E-state index is 12.7. The van der Waals surface area contributed by atoms with Gasteiger partial charge in [0.2, 0.25) is 5.95 Å². The van der Waals surface area contributed by atoms with Gasteiger partial charge in [-0.15, -0.1) is 0 Å². The second-order valence-corrected chi connectivity index (χ2v) is 7.93. The number of nitrogens with zero attached hydrogens (tertiary/aromatic N) is 3. The second kappa shape index (κ2) is 7.92. The first-order valence-corrected chi connectivity index (χ1v) is 10.4. The number of guanidine groups is 1. The fourth-order valence-electron chi connectivity index (χ4n) is 3.87. The van der Waals surface area contributed by atoms with E-state index in [0.29, 0.717) is 29.2 Å². The standard InChI is InChI=1S/C23H21ClN6O/c1-14-12-20(31)30-21(15-6-8-17(24)9-7-15)28-22(29-23(30)27-14)25-11-10-16-13-26-19-5-3-2-4-18(16)19/h2-9,12-13,21,26H,10-11H2,1H3,(H2,25,27,28,29)/t21-/m1/s1. The first kappa shape index (κ1) is 19.4. The van der Waals surface area contributed by atoms with Crippen molar-refractivity contribution in [3.8, 4) is 0 Å². The van der Waals surface area contributed by atoms with Crippen molar-refractivity contribution < 1.29 is 0 Å². The molecule has 0 unspecified atom stereocenters. The molecule has 0 radical (unpaired) electrons. The lowest BCUT2D eigenvalue weighted by Gasteiger charge is -2.31. The lowest BCUT2D eigenvalue weighted by Crippen LogP contribution is -2.48. The average molecular weight is 433 g/mol. The lowest BCUT2D eigenvalue weighted by atomic mass is 10.1. The number of fused-ring (bicyclic) bond motifs is 2. The quantitative estimate of drug-likeness (QED) is 0.457. The van der Waals surface area contributed by atoms with E-state index in [1.54, 1.807) is 23.6 Å². The molecular formula is C23H21ClN6O. The van der Waals surface area contributed by atoms with E-state index >= 15 is 0 Å². The Balaban J connectivity index is 1.44. The van der Waals surface area contributed by atoms with Crippen LogP contribution in [0.4, 0.5) is 5.95 Å². The predicted molar refractivity (Wildman–Crippen MR) is 124 cm³/mol. The number of hydrogen-bond acceptors (Lipinski definition) is 3. The second-order valence-electron chi connectivity index (χ2n) is 7.49. The van der Waals surface area contributed by atoms with Crippen LogP contribution in [0.3, 0.4) is 0 Å². The van der Waals surface area contributed by atoms with Gasteiger partial charge in [0.05, 0.1) is 0 Å². The summed E-state index contributed by atoms with van der Waals surface area (Å²) in [6.07, 6.45) is 2.39. The van der Waals surface area contributed by atoms with Gasteiger partial charge in [-0.3, -0.25) is 19.7 Å². The van der Waals surface area contributed by atoms with Crippen molar-refractivity contribution in [2.24, 2.45) is 4.99 Å². The summed E-state index contributed by atoms with van der Waals surface area (Å²) in [7, 11) is 0. The SMILES string of the molecule is Cc1cc(=O)n2c(n1)NC(=NCCc1c[nH]c3ccccc13)N[C@H]2c1ccc(Cl)cc1. The molecule has 0 bridgehead atoms. The van der Waals surface area contributed by atoms with Crippen molar-refractivity contribution in [2.75, 3.05) is 11.9 Å². The molecule has 156 valence electrons. The zero-order valence-electron chi connectivity index (χ0n) is 16.9. The van der Waals surface area contributed by atoms with Gasteiger partial charge in [-0.05, 0) is 42.7 Å². The number of anilines is 1. The molecule has 0 amide bonds. The molecule has 8 heteroatoms. The number of hydrogen-bond donors (Lipinski definition) is 3. The third-order valence-electron chi connectivity index (χ3n) is 5.35. The molecule has 31 heavy (non-hydrogen) atoms. The molecule has 3 N–H and O–H groups in total. The van der Waals surface area contributed by atoms with Gasteiger partial charge in [-0.2, -0.15) is 0 Å². The molecule has 0 spiro atoms. The summed E-state index contributed by atoms with van der Waals surface area (Å²) in [4.78, 5) is 25.2. The van der Waals surface area contributed by atoms with E-state index in [1.807, 2.05) is 30.5 Å². The summed E-state index contributed by atoms with van der Waals surface area (Å²) in [6.45, 7) is 2.39. The van der Waals surface area contributed by atoms with Crippen molar-refractivity contribution >= 4 is 34.4 Å². The van der Waals surface area contributed by atoms with Crippen LogP contribution in [0.15, 0.2) is 70.6 Å². The molecule has 1 aliphatic heterocycles. The number of H-pyrrole nitrogens is 1. The van der Waals surface area contributed by atoms with Crippen molar-refractivity contribution in [3.05, 3.63) is 93.0 Å². The zero-order valence-corrected chi connectivity index (χ0v) is 17.6. The molecule has 7 nitrogen and oxygen atoms in total. The molecule has 5 rings (SSSR count). The van der Waals surface area contributed by atoms with E-state index in [-0.39, 0.29) is 5.56 Å². The number of aromatic nitrogens is 3. The van der Waals surface area contributed by atoms with Crippen LogP contribution in [-0.4, -0.2) is 27.0 Å². The maximum atomic E-state index is 12.7. The van der Waals surface area contributed by atoms with Crippen LogP contribution >= 0.6 is 11.6 Å². The third-order valence-corrected chi connectivity index (χ3v) is 5.61. The van der Waals surface area contributed by atoms with E-state index in [4.69, 9.17) is 16.6 Å². The van der Waals surface area contributed by atoms with Gasteiger partial charge in [0.15, 0.2) is 5.96 Å². The topological polar surface area (TPSA) is 87.1 Å². The number of aryl methyl sites for hydroxylation is 1. The highest BCUT2D eigenvalue weighted by atomic mass is 35.5. The fourth-order valence-corrected chi connectivity index (χ4v) is 3.99. The van der Waals surface area contributed by atoms with Crippen LogP contribution in [0.25, 0.3) is 10.9 Å².